The molecule has 5 nitrogen and oxygen atoms in total. The van der Waals surface area contributed by atoms with Crippen LogP contribution in [0.1, 0.15) is 0 Å². The number of aromatic amines is 1. The molecule has 0 amide bonds. The van der Waals surface area contributed by atoms with Crippen LogP contribution in [0.25, 0.3) is 11.4 Å². The summed E-state index contributed by atoms with van der Waals surface area (Å²) in [6.45, 7) is 0. The lowest BCUT2D eigenvalue weighted by molar-refractivity contribution is 0.881. The topological polar surface area (TPSA) is 66.5 Å². The van der Waals surface area contributed by atoms with Gasteiger partial charge < -0.3 is 5.32 Å². The molecule has 0 saturated heterocycles. The van der Waals surface area contributed by atoms with Gasteiger partial charge in [0.05, 0.1) is 0 Å². The number of nitrogens with one attached hydrogen (secondary N) is 2. The highest BCUT2D eigenvalue weighted by Crippen LogP contribution is 2.37. The van der Waals surface area contributed by atoms with Gasteiger partial charge in [0, 0.05) is 28.1 Å². The number of hydrogen-bond acceptors (Lipinski definition) is 5. The molecule has 1 heterocycles. The van der Waals surface area contributed by atoms with Crippen molar-refractivity contribution in [1.29, 1.82) is 0 Å². The maximum absolute atomic E-state index is 4.06. The Bertz CT molecular complexity index is 696. The number of rotatable bonds is 4. The second-order valence-corrected chi connectivity index (χ2v) is 5.16. The molecule has 100 valence electrons. The van der Waals surface area contributed by atoms with Gasteiger partial charge in [-0.15, -0.1) is 10.2 Å². The van der Waals surface area contributed by atoms with Crippen molar-refractivity contribution in [2.75, 3.05) is 12.4 Å². The first-order valence-corrected chi connectivity index (χ1v) is 6.97. The molecule has 0 unspecified atom stereocenters. The maximum atomic E-state index is 4.06. The van der Waals surface area contributed by atoms with Gasteiger partial charge in [0.1, 0.15) is 0 Å². The van der Waals surface area contributed by atoms with Crippen LogP contribution in [0.4, 0.5) is 5.69 Å². The quantitative estimate of drug-likeness (QED) is 0.770. The summed E-state index contributed by atoms with van der Waals surface area (Å²) < 4.78 is 0. The van der Waals surface area contributed by atoms with Gasteiger partial charge in [-0.05, 0) is 29.5 Å². The van der Waals surface area contributed by atoms with Gasteiger partial charge in [0.25, 0.3) is 0 Å². The van der Waals surface area contributed by atoms with Crippen molar-refractivity contribution < 1.29 is 0 Å². The van der Waals surface area contributed by atoms with Crippen molar-refractivity contribution in [2.24, 2.45) is 0 Å². The highest BCUT2D eigenvalue weighted by molar-refractivity contribution is 7.99. The van der Waals surface area contributed by atoms with E-state index in [0.29, 0.717) is 5.82 Å². The highest BCUT2D eigenvalue weighted by atomic mass is 32.2. The van der Waals surface area contributed by atoms with Crippen LogP contribution in [-0.4, -0.2) is 27.7 Å². The average molecular weight is 283 g/mol. The molecule has 0 aliphatic carbocycles. The third-order valence-corrected chi connectivity index (χ3v) is 4.00. The van der Waals surface area contributed by atoms with Gasteiger partial charge in [0.15, 0.2) is 0 Å². The number of benzene rings is 2. The summed E-state index contributed by atoms with van der Waals surface area (Å²) in [7, 11) is 1.92. The molecular weight excluding hydrogens is 270 g/mol. The van der Waals surface area contributed by atoms with Crippen LogP contribution in [0, 0.1) is 0 Å². The molecule has 6 heteroatoms. The number of anilines is 1. The Balaban J connectivity index is 1.99. The molecule has 3 aromatic rings. The standard InChI is InChI=1S/C14H13N5S/c1-15-11-7-3-5-9-13(11)20-12-8-4-2-6-10(12)14-16-18-19-17-14/h2-9,15H,1H3,(H,16,17,18,19). The SMILES string of the molecule is CNc1ccccc1Sc1ccccc1-c1nn[nH]n1. The molecule has 2 aromatic carbocycles. The molecule has 1 aromatic heterocycles. The van der Waals surface area contributed by atoms with E-state index in [4.69, 9.17) is 0 Å². The minimum Gasteiger partial charge on any atom is -0.387 e. The van der Waals surface area contributed by atoms with Crippen LogP contribution in [0.3, 0.4) is 0 Å². The molecule has 0 aliphatic rings. The summed E-state index contributed by atoms with van der Waals surface area (Å²) in [6, 6.07) is 16.2. The molecule has 0 aliphatic heterocycles. The molecule has 0 atom stereocenters. The summed E-state index contributed by atoms with van der Waals surface area (Å²) >= 11 is 1.68. The predicted molar refractivity (Wildman–Crippen MR) is 79.7 cm³/mol. The summed E-state index contributed by atoms with van der Waals surface area (Å²) in [5, 5.41) is 17.4. The van der Waals surface area contributed by atoms with E-state index >= 15 is 0 Å². The third kappa shape index (κ3) is 2.50. The van der Waals surface area contributed by atoms with Crippen LogP contribution in [0.5, 0.6) is 0 Å². The van der Waals surface area contributed by atoms with Gasteiger partial charge in [-0.25, -0.2) is 0 Å². The zero-order valence-corrected chi connectivity index (χ0v) is 11.7. The normalized spacial score (nSPS) is 10.4. The number of aromatic nitrogens is 4. The van der Waals surface area contributed by atoms with Crippen molar-refractivity contribution in [3.8, 4) is 11.4 Å². The van der Waals surface area contributed by atoms with Crippen molar-refractivity contribution >= 4 is 17.4 Å². The zero-order chi connectivity index (χ0) is 13.8. The van der Waals surface area contributed by atoms with Crippen molar-refractivity contribution in [3.63, 3.8) is 0 Å². The minimum absolute atomic E-state index is 0.607. The zero-order valence-electron chi connectivity index (χ0n) is 10.9. The van der Waals surface area contributed by atoms with Crippen LogP contribution in [0.15, 0.2) is 58.3 Å². The molecule has 0 fully saturated rings. The highest BCUT2D eigenvalue weighted by Gasteiger charge is 2.11. The summed E-state index contributed by atoms with van der Waals surface area (Å²) in [4.78, 5) is 2.25. The lowest BCUT2D eigenvalue weighted by atomic mass is 10.2. The molecule has 2 N–H and O–H groups in total. The Morgan fingerprint density at radius 1 is 1.00 bits per heavy atom. The van der Waals surface area contributed by atoms with E-state index in [1.165, 1.54) is 0 Å². The predicted octanol–water partition coefficient (Wildman–Crippen LogP) is 3.06. The van der Waals surface area contributed by atoms with E-state index in [-0.39, 0.29) is 0 Å². The molecule has 3 rings (SSSR count). The average Bonchev–Trinajstić information content (AvgIpc) is 3.02. The van der Waals surface area contributed by atoms with Gasteiger partial charge in [0.2, 0.25) is 5.82 Å². The molecule has 0 spiro atoms. The van der Waals surface area contributed by atoms with Crippen molar-refractivity contribution in [3.05, 3.63) is 48.5 Å². The Kier molecular flexibility index (Phi) is 3.64. The Hall–Kier alpha value is -2.34. The van der Waals surface area contributed by atoms with E-state index in [1.807, 2.05) is 37.4 Å². The maximum Gasteiger partial charge on any atom is 0.205 e. The van der Waals surface area contributed by atoms with E-state index in [2.05, 4.69) is 44.1 Å². The molecule has 0 saturated carbocycles. The molecular formula is C14H13N5S. The van der Waals surface area contributed by atoms with Crippen molar-refractivity contribution in [2.45, 2.75) is 9.79 Å². The molecule has 0 radical (unpaired) electrons. The first-order chi connectivity index (χ1) is 9.88. The first kappa shape index (κ1) is 12.7. The summed E-state index contributed by atoms with van der Waals surface area (Å²) in [5.41, 5.74) is 2.07. The monoisotopic (exact) mass is 283 g/mol. The van der Waals surface area contributed by atoms with Gasteiger partial charge in [-0.3, -0.25) is 0 Å². The lowest BCUT2D eigenvalue weighted by Gasteiger charge is -2.10. The number of hydrogen-bond donors (Lipinski definition) is 2. The summed E-state index contributed by atoms with van der Waals surface area (Å²) in [6.07, 6.45) is 0. The fourth-order valence-corrected chi connectivity index (χ4v) is 2.98. The van der Waals surface area contributed by atoms with E-state index < -0.39 is 0 Å². The van der Waals surface area contributed by atoms with Crippen LogP contribution in [-0.2, 0) is 0 Å². The largest absolute Gasteiger partial charge is 0.387 e. The van der Waals surface area contributed by atoms with Crippen LogP contribution < -0.4 is 5.32 Å². The number of para-hydroxylation sites is 1. The second kappa shape index (κ2) is 5.75. The second-order valence-electron chi connectivity index (χ2n) is 4.08. The van der Waals surface area contributed by atoms with Crippen LogP contribution in [0.2, 0.25) is 0 Å². The minimum atomic E-state index is 0.607. The third-order valence-electron chi connectivity index (χ3n) is 2.85. The van der Waals surface area contributed by atoms with E-state index in [9.17, 15) is 0 Å². The first-order valence-electron chi connectivity index (χ1n) is 6.16. The van der Waals surface area contributed by atoms with Gasteiger partial charge >= 0.3 is 0 Å². The number of H-pyrrole nitrogens is 1. The van der Waals surface area contributed by atoms with Gasteiger partial charge in [-0.1, -0.05) is 36.0 Å². The number of nitrogens with zero attached hydrogens (tertiary/aromatic N) is 3. The van der Waals surface area contributed by atoms with E-state index in [1.54, 1.807) is 11.8 Å². The van der Waals surface area contributed by atoms with Gasteiger partial charge in [-0.2, -0.15) is 5.21 Å². The number of tetrazole rings is 1. The Morgan fingerprint density at radius 2 is 1.75 bits per heavy atom. The lowest BCUT2D eigenvalue weighted by Crippen LogP contribution is -1.91. The fraction of sp³-hybridized carbons (Fsp3) is 0.0714. The Labute approximate surface area is 120 Å². The summed E-state index contributed by atoms with van der Waals surface area (Å²) in [5.74, 6) is 0.607. The Morgan fingerprint density at radius 3 is 2.50 bits per heavy atom. The van der Waals surface area contributed by atoms with Crippen LogP contribution >= 0.6 is 11.8 Å². The molecule has 0 bridgehead atoms. The van der Waals surface area contributed by atoms with Crippen molar-refractivity contribution in [1.82, 2.24) is 20.6 Å². The van der Waals surface area contributed by atoms with E-state index in [0.717, 1.165) is 21.0 Å². The smallest absolute Gasteiger partial charge is 0.205 e. The molecule has 20 heavy (non-hydrogen) atoms. The fourth-order valence-electron chi connectivity index (χ4n) is 1.90.